The van der Waals surface area contributed by atoms with Gasteiger partial charge in [-0.05, 0) is 26.7 Å². The molecule has 6 heteroatoms. The van der Waals surface area contributed by atoms with Crippen LogP contribution in [0.15, 0.2) is 0 Å². The lowest BCUT2D eigenvalue weighted by atomic mass is 10.3. The summed E-state index contributed by atoms with van der Waals surface area (Å²) in [6, 6.07) is 0. The van der Waals surface area contributed by atoms with Gasteiger partial charge in [0.05, 0.1) is 26.6 Å². The normalized spacial score (nSPS) is 14.8. The minimum atomic E-state index is -2.97. The van der Waals surface area contributed by atoms with Crippen molar-refractivity contribution in [2.75, 3.05) is 19.1 Å². The van der Waals surface area contributed by atoms with Crippen molar-refractivity contribution in [2.24, 2.45) is 0 Å². The van der Waals surface area contributed by atoms with Gasteiger partial charge >= 0.3 is 7.60 Å². The quantitative estimate of drug-likeness (QED) is 0.249. The maximum absolute atomic E-state index is 12.9. The van der Waals surface area contributed by atoms with Crippen LogP contribution in [-0.4, -0.2) is 32.4 Å². The van der Waals surface area contributed by atoms with Gasteiger partial charge in [0.25, 0.3) is 0 Å². The minimum Gasteiger partial charge on any atom is -0.309 e. The second-order valence-electron chi connectivity index (χ2n) is 5.44. The Hall–Kier alpha value is 0.657. The Morgan fingerprint density at radius 2 is 1.61 bits per heavy atom. The molecule has 18 heavy (non-hydrogen) atoms. The summed E-state index contributed by atoms with van der Waals surface area (Å²) in [7, 11) is -4.58. The Labute approximate surface area is 118 Å². The predicted octanol–water partition coefficient (Wildman–Crippen LogP) is 4.91. The molecule has 0 aromatic rings. The lowest BCUT2D eigenvalue weighted by Crippen LogP contribution is -2.39. The van der Waals surface area contributed by atoms with E-state index in [0.717, 1.165) is 19.3 Å². The molecule has 0 amide bonds. The van der Waals surface area contributed by atoms with Gasteiger partial charge in [-0.2, -0.15) is 0 Å². The molecule has 0 aliphatic carbocycles. The molecule has 0 spiro atoms. The molecule has 110 valence electrons. The summed E-state index contributed by atoms with van der Waals surface area (Å²) in [6.45, 7) is 11.3. The molecule has 0 aromatic carbocycles. The van der Waals surface area contributed by atoms with Gasteiger partial charge in [0.1, 0.15) is 0 Å². The van der Waals surface area contributed by atoms with Crippen LogP contribution in [0.5, 0.6) is 0 Å². The number of halogens is 1. The zero-order valence-electron chi connectivity index (χ0n) is 12.4. The van der Waals surface area contributed by atoms with Crippen molar-refractivity contribution in [2.45, 2.75) is 58.0 Å². The van der Waals surface area contributed by atoms with Gasteiger partial charge in [0, 0.05) is 5.88 Å². The smallest absolute Gasteiger partial charge is 0.309 e. The molecule has 0 saturated carbocycles. The van der Waals surface area contributed by atoms with Gasteiger partial charge in [-0.1, -0.05) is 26.1 Å². The molecule has 0 aliphatic heterocycles. The van der Waals surface area contributed by atoms with Crippen LogP contribution in [0.2, 0.25) is 19.6 Å². The molecule has 0 aromatic heterocycles. The third-order valence-electron chi connectivity index (χ3n) is 2.86. The van der Waals surface area contributed by atoms with Crippen molar-refractivity contribution in [3.05, 3.63) is 0 Å². The summed E-state index contributed by atoms with van der Waals surface area (Å²) in [4.78, 5) is 0. The largest absolute Gasteiger partial charge is 0.331 e. The minimum absolute atomic E-state index is 0.0631. The Balaban J connectivity index is 4.93. The summed E-state index contributed by atoms with van der Waals surface area (Å²) in [5.41, 5.74) is 0. The van der Waals surface area contributed by atoms with E-state index in [1.54, 1.807) is 0 Å². The van der Waals surface area contributed by atoms with Crippen LogP contribution >= 0.6 is 19.2 Å². The average molecular weight is 315 g/mol. The third-order valence-corrected chi connectivity index (χ3v) is 10.9. The third kappa shape index (κ3) is 6.20. The lowest BCUT2D eigenvalue weighted by molar-refractivity contribution is 0.216. The van der Waals surface area contributed by atoms with Crippen LogP contribution < -0.4 is 0 Å². The average Bonchev–Trinajstić information content (AvgIpc) is 2.23. The van der Waals surface area contributed by atoms with Gasteiger partial charge in [0.2, 0.25) is 0 Å². The van der Waals surface area contributed by atoms with Gasteiger partial charge in [-0.3, -0.25) is 4.57 Å². The van der Waals surface area contributed by atoms with Crippen molar-refractivity contribution in [1.82, 2.24) is 0 Å². The van der Waals surface area contributed by atoms with Crippen molar-refractivity contribution in [3.8, 4) is 0 Å². The van der Waals surface area contributed by atoms with Crippen molar-refractivity contribution >= 4 is 27.3 Å². The first-order chi connectivity index (χ1) is 8.31. The molecule has 0 N–H and O–H groups in total. The van der Waals surface area contributed by atoms with Crippen LogP contribution in [0, 0.1) is 0 Å². The summed E-state index contributed by atoms with van der Waals surface area (Å²) in [6.07, 6.45) is 2.84. The fourth-order valence-corrected chi connectivity index (χ4v) is 9.23. The van der Waals surface area contributed by atoms with E-state index < -0.39 is 15.7 Å². The Morgan fingerprint density at radius 1 is 1.11 bits per heavy atom. The summed E-state index contributed by atoms with van der Waals surface area (Å²) in [5.74, 6) is 0.659. The van der Waals surface area contributed by atoms with Gasteiger partial charge in [-0.25, -0.2) is 0 Å². The molecular weight excluding hydrogens is 287 g/mol. The van der Waals surface area contributed by atoms with E-state index in [2.05, 4.69) is 19.6 Å². The fourth-order valence-electron chi connectivity index (χ4n) is 2.07. The molecule has 0 bridgehead atoms. The van der Waals surface area contributed by atoms with E-state index in [1.165, 1.54) is 0 Å². The highest BCUT2D eigenvalue weighted by atomic mass is 35.5. The monoisotopic (exact) mass is 314 g/mol. The molecule has 0 fully saturated rings. The summed E-state index contributed by atoms with van der Waals surface area (Å²) < 4.78 is 24.0. The molecule has 0 heterocycles. The fraction of sp³-hybridized carbons (Fsp3) is 1.00. The summed E-state index contributed by atoms with van der Waals surface area (Å²) in [5, 5.41) is 0.0631. The highest BCUT2D eigenvalue weighted by Crippen LogP contribution is 2.57. The summed E-state index contributed by atoms with van der Waals surface area (Å²) >= 11 is 5.72. The molecule has 1 atom stereocenters. The number of rotatable bonds is 10. The SMILES string of the molecule is CCOP(=O)(OCC)C(CCCCCl)[Si](C)(C)C. The zero-order valence-corrected chi connectivity index (χ0v) is 15.0. The van der Waals surface area contributed by atoms with Crippen LogP contribution in [0.4, 0.5) is 0 Å². The maximum atomic E-state index is 12.9. The van der Waals surface area contributed by atoms with E-state index in [9.17, 15) is 4.57 Å². The van der Waals surface area contributed by atoms with E-state index in [0.29, 0.717) is 19.1 Å². The van der Waals surface area contributed by atoms with Crippen LogP contribution in [0.1, 0.15) is 33.1 Å². The second kappa shape index (κ2) is 8.75. The number of alkyl halides is 1. The molecule has 0 saturated heterocycles. The second-order valence-corrected chi connectivity index (χ2v) is 14.0. The van der Waals surface area contributed by atoms with Crippen LogP contribution in [0.25, 0.3) is 0 Å². The predicted molar refractivity (Wildman–Crippen MR) is 82.6 cm³/mol. The standard InChI is InChI=1S/C12H28ClO3PSi/c1-6-15-17(14,16-7-2)12(18(3,4)5)10-8-9-11-13/h12H,6-11H2,1-5H3. The first-order valence-corrected chi connectivity index (χ1v) is 12.5. The topological polar surface area (TPSA) is 35.5 Å². The number of hydrogen-bond acceptors (Lipinski definition) is 3. The van der Waals surface area contributed by atoms with Gasteiger partial charge < -0.3 is 9.05 Å². The first kappa shape index (κ1) is 18.7. The van der Waals surface area contributed by atoms with Crippen LogP contribution in [-0.2, 0) is 13.6 Å². The molecule has 3 nitrogen and oxygen atoms in total. The van der Waals surface area contributed by atoms with E-state index in [-0.39, 0.29) is 5.28 Å². The molecule has 0 aliphatic rings. The van der Waals surface area contributed by atoms with E-state index in [4.69, 9.17) is 20.6 Å². The lowest BCUT2D eigenvalue weighted by Gasteiger charge is -2.34. The highest BCUT2D eigenvalue weighted by molar-refractivity contribution is 7.58. The molecule has 0 radical (unpaired) electrons. The molecule has 0 rings (SSSR count). The molecule has 1 unspecified atom stereocenters. The van der Waals surface area contributed by atoms with Gasteiger partial charge in [-0.15, -0.1) is 11.6 Å². The first-order valence-electron chi connectivity index (χ1n) is 6.76. The van der Waals surface area contributed by atoms with E-state index in [1.807, 2.05) is 13.8 Å². The van der Waals surface area contributed by atoms with Crippen molar-refractivity contribution < 1.29 is 13.6 Å². The van der Waals surface area contributed by atoms with Crippen molar-refractivity contribution in [1.29, 1.82) is 0 Å². The maximum Gasteiger partial charge on any atom is 0.331 e. The number of hydrogen-bond donors (Lipinski definition) is 0. The van der Waals surface area contributed by atoms with E-state index >= 15 is 0 Å². The van der Waals surface area contributed by atoms with Crippen molar-refractivity contribution in [3.63, 3.8) is 0 Å². The Morgan fingerprint density at radius 3 is 1.94 bits per heavy atom. The molecular formula is C12H28ClO3PSi. The highest BCUT2D eigenvalue weighted by Gasteiger charge is 2.43. The zero-order chi connectivity index (χ0) is 14.2. The Bertz CT molecular complexity index is 259. The van der Waals surface area contributed by atoms with Gasteiger partial charge in [0.15, 0.2) is 0 Å². The Kier molecular flexibility index (Phi) is 9.07. The number of unbranched alkanes of at least 4 members (excludes halogenated alkanes) is 1. The van der Waals surface area contributed by atoms with Crippen LogP contribution in [0.3, 0.4) is 0 Å².